The molecule has 0 aromatic carbocycles. The van der Waals surface area contributed by atoms with Gasteiger partial charge in [0.25, 0.3) is 0 Å². The molecule has 108 valence electrons. The van der Waals surface area contributed by atoms with Crippen molar-refractivity contribution in [1.82, 2.24) is 10.1 Å². The Kier molecular flexibility index (Phi) is 6.56. The van der Waals surface area contributed by atoms with Crippen LogP contribution in [0.5, 0.6) is 0 Å². The van der Waals surface area contributed by atoms with Crippen molar-refractivity contribution in [3.05, 3.63) is 17.0 Å². The molecule has 5 nitrogen and oxygen atoms in total. The lowest BCUT2D eigenvalue weighted by Gasteiger charge is -2.16. The number of aromatic nitrogens is 1. The fraction of sp³-hybridized carbons (Fsp3) is 0.714. The predicted molar refractivity (Wildman–Crippen MR) is 74.6 cm³/mol. The van der Waals surface area contributed by atoms with Crippen LogP contribution in [0.2, 0.25) is 0 Å². The average molecular weight is 267 g/mol. The maximum Gasteiger partial charge on any atom is 0.222 e. The number of aryl methyl sites for hydroxylation is 2. The van der Waals surface area contributed by atoms with Crippen molar-refractivity contribution in [1.29, 1.82) is 0 Å². The van der Waals surface area contributed by atoms with Crippen LogP contribution in [0, 0.1) is 13.8 Å². The molecule has 1 rings (SSSR count). The van der Waals surface area contributed by atoms with Crippen molar-refractivity contribution in [3.63, 3.8) is 0 Å². The monoisotopic (exact) mass is 267 g/mol. The molecule has 19 heavy (non-hydrogen) atoms. The SMILES string of the molecule is Cc1noc(C)c1CN(C)C(=O)CCCCCCN. The number of unbranched alkanes of at least 4 members (excludes halogenated alkanes) is 3. The third-order valence-electron chi connectivity index (χ3n) is 3.35. The Labute approximate surface area is 115 Å². The minimum absolute atomic E-state index is 0.174. The maximum absolute atomic E-state index is 12.0. The van der Waals surface area contributed by atoms with Crippen molar-refractivity contribution in [2.75, 3.05) is 13.6 Å². The fourth-order valence-electron chi connectivity index (χ4n) is 2.02. The average Bonchev–Trinajstić information content (AvgIpc) is 2.70. The lowest BCUT2D eigenvalue weighted by atomic mass is 10.1. The first kappa shape index (κ1) is 15.7. The topological polar surface area (TPSA) is 72.4 Å². The van der Waals surface area contributed by atoms with Crippen molar-refractivity contribution in [2.45, 2.75) is 52.5 Å². The zero-order chi connectivity index (χ0) is 14.3. The molecule has 0 aliphatic carbocycles. The van der Waals surface area contributed by atoms with Gasteiger partial charge in [0, 0.05) is 19.0 Å². The van der Waals surface area contributed by atoms with E-state index < -0.39 is 0 Å². The number of hydrogen-bond acceptors (Lipinski definition) is 4. The van der Waals surface area contributed by atoms with Crippen molar-refractivity contribution >= 4 is 5.91 Å². The highest BCUT2D eigenvalue weighted by atomic mass is 16.5. The van der Waals surface area contributed by atoms with E-state index in [1.165, 1.54) is 0 Å². The highest BCUT2D eigenvalue weighted by molar-refractivity contribution is 5.75. The predicted octanol–water partition coefficient (Wildman–Crippen LogP) is 2.16. The van der Waals surface area contributed by atoms with Crippen LogP contribution in [0.25, 0.3) is 0 Å². The number of nitrogens with two attached hydrogens (primary N) is 1. The highest BCUT2D eigenvalue weighted by Crippen LogP contribution is 2.15. The molecule has 0 aliphatic heterocycles. The standard InChI is InChI=1S/C14H25N3O2/c1-11-13(12(2)19-16-11)10-17(3)14(18)8-6-4-5-7-9-15/h4-10,15H2,1-3H3. The summed E-state index contributed by atoms with van der Waals surface area (Å²) in [6, 6.07) is 0. The smallest absolute Gasteiger partial charge is 0.222 e. The Bertz CT molecular complexity index is 382. The van der Waals surface area contributed by atoms with Crippen molar-refractivity contribution in [2.24, 2.45) is 5.73 Å². The number of carbonyl (C=O) groups excluding carboxylic acids is 1. The van der Waals surface area contributed by atoms with Gasteiger partial charge >= 0.3 is 0 Å². The Morgan fingerprint density at radius 3 is 2.53 bits per heavy atom. The van der Waals surface area contributed by atoms with Gasteiger partial charge < -0.3 is 15.2 Å². The molecule has 1 aromatic heterocycles. The first-order chi connectivity index (χ1) is 9.06. The number of rotatable bonds is 8. The second kappa shape index (κ2) is 7.94. The van der Waals surface area contributed by atoms with Gasteiger partial charge in [-0.3, -0.25) is 4.79 Å². The van der Waals surface area contributed by atoms with Crippen LogP contribution in [0.1, 0.15) is 49.1 Å². The first-order valence-electron chi connectivity index (χ1n) is 6.92. The highest BCUT2D eigenvalue weighted by Gasteiger charge is 2.14. The van der Waals surface area contributed by atoms with Gasteiger partial charge in [0.2, 0.25) is 5.91 Å². The third kappa shape index (κ3) is 5.03. The zero-order valence-electron chi connectivity index (χ0n) is 12.2. The summed E-state index contributed by atoms with van der Waals surface area (Å²) in [6.07, 6.45) is 4.76. The van der Waals surface area contributed by atoms with Gasteiger partial charge in [-0.15, -0.1) is 0 Å². The summed E-state index contributed by atoms with van der Waals surface area (Å²) >= 11 is 0. The van der Waals surface area contributed by atoms with Gasteiger partial charge in [0.05, 0.1) is 12.2 Å². The van der Waals surface area contributed by atoms with Crippen molar-refractivity contribution < 1.29 is 9.32 Å². The molecule has 2 N–H and O–H groups in total. The quantitative estimate of drug-likeness (QED) is 0.733. The Morgan fingerprint density at radius 1 is 1.26 bits per heavy atom. The minimum Gasteiger partial charge on any atom is -0.361 e. The summed E-state index contributed by atoms with van der Waals surface area (Å²) in [7, 11) is 1.83. The molecule has 0 aliphatic rings. The molecule has 0 unspecified atom stereocenters. The van der Waals surface area contributed by atoms with Gasteiger partial charge in [-0.05, 0) is 33.2 Å². The van der Waals surface area contributed by atoms with Crippen LogP contribution in [0.15, 0.2) is 4.52 Å². The van der Waals surface area contributed by atoms with Gasteiger partial charge in [0.15, 0.2) is 0 Å². The number of hydrogen-bond donors (Lipinski definition) is 1. The molecule has 0 saturated heterocycles. The van der Waals surface area contributed by atoms with E-state index in [4.69, 9.17) is 10.3 Å². The van der Waals surface area contributed by atoms with Gasteiger partial charge in [-0.25, -0.2) is 0 Å². The second-order valence-corrected chi connectivity index (χ2v) is 5.01. The maximum atomic E-state index is 12.0. The molecule has 0 bridgehead atoms. The minimum atomic E-state index is 0.174. The van der Waals surface area contributed by atoms with E-state index in [-0.39, 0.29) is 5.91 Å². The van der Waals surface area contributed by atoms with Crippen LogP contribution in [0.4, 0.5) is 0 Å². The van der Waals surface area contributed by atoms with Crippen LogP contribution < -0.4 is 5.73 Å². The summed E-state index contributed by atoms with van der Waals surface area (Å²) in [5.41, 5.74) is 7.31. The summed E-state index contributed by atoms with van der Waals surface area (Å²) < 4.78 is 5.10. The van der Waals surface area contributed by atoms with E-state index in [0.29, 0.717) is 13.0 Å². The van der Waals surface area contributed by atoms with E-state index in [2.05, 4.69) is 5.16 Å². The molecular weight excluding hydrogens is 242 g/mol. The summed E-state index contributed by atoms with van der Waals surface area (Å²) in [5.74, 6) is 0.966. The summed E-state index contributed by atoms with van der Waals surface area (Å²) in [5, 5.41) is 3.90. The third-order valence-corrected chi connectivity index (χ3v) is 3.35. The zero-order valence-corrected chi connectivity index (χ0v) is 12.2. The van der Waals surface area contributed by atoms with Crippen LogP contribution >= 0.6 is 0 Å². The van der Waals surface area contributed by atoms with Gasteiger partial charge in [-0.1, -0.05) is 18.0 Å². The lowest BCUT2D eigenvalue weighted by Crippen LogP contribution is -2.26. The van der Waals surface area contributed by atoms with E-state index in [1.807, 2.05) is 20.9 Å². The normalized spacial score (nSPS) is 10.7. The van der Waals surface area contributed by atoms with Crippen molar-refractivity contribution in [3.8, 4) is 0 Å². The number of amides is 1. The van der Waals surface area contributed by atoms with Crippen LogP contribution in [-0.2, 0) is 11.3 Å². The van der Waals surface area contributed by atoms with E-state index in [1.54, 1.807) is 4.90 Å². The Hall–Kier alpha value is -1.36. The lowest BCUT2D eigenvalue weighted by molar-refractivity contribution is -0.130. The van der Waals surface area contributed by atoms with E-state index in [0.717, 1.165) is 49.2 Å². The molecule has 0 fully saturated rings. The van der Waals surface area contributed by atoms with Gasteiger partial charge in [0.1, 0.15) is 5.76 Å². The molecule has 1 amide bonds. The number of nitrogens with zero attached hydrogens (tertiary/aromatic N) is 2. The van der Waals surface area contributed by atoms with E-state index >= 15 is 0 Å². The molecule has 0 saturated carbocycles. The fourth-order valence-corrected chi connectivity index (χ4v) is 2.02. The molecule has 5 heteroatoms. The summed E-state index contributed by atoms with van der Waals surface area (Å²) in [4.78, 5) is 13.7. The molecule has 1 aromatic rings. The molecule has 0 atom stereocenters. The van der Waals surface area contributed by atoms with Crippen LogP contribution in [0.3, 0.4) is 0 Å². The molecule has 1 heterocycles. The van der Waals surface area contributed by atoms with E-state index in [9.17, 15) is 4.79 Å². The van der Waals surface area contributed by atoms with Crippen LogP contribution in [-0.4, -0.2) is 29.6 Å². The molecule has 0 radical (unpaired) electrons. The first-order valence-corrected chi connectivity index (χ1v) is 6.92. The largest absolute Gasteiger partial charge is 0.361 e. The number of carbonyl (C=O) groups is 1. The molecule has 0 spiro atoms. The Balaban J connectivity index is 2.33. The van der Waals surface area contributed by atoms with Gasteiger partial charge in [-0.2, -0.15) is 0 Å². The molecular formula is C14H25N3O2. The summed E-state index contributed by atoms with van der Waals surface area (Å²) in [6.45, 7) is 5.08. The Morgan fingerprint density at radius 2 is 1.95 bits per heavy atom. The second-order valence-electron chi connectivity index (χ2n) is 5.01.